The Morgan fingerprint density at radius 1 is 1.26 bits per heavy atom. The fourth-order valence-corrected chi connectivity index (χ4v) is 2.33. The van der Waals surface area contributed by atoms with Crippen LogP contribution in [0.15, 0.2) is 54.3 Å². The summed E-state index contributed by atoms with van der Waals surface area (Å²) in [5.74, 6) is -1.17. The molecule has 0 spiro atoms. The summed E-state index contributed by atoms with van der Waals surface area (Å²) in [5.41, 5.74) is 2.42. The molecule has 0 aliphatic rings. The Kier molecular flexibility index (Phi) is 5.66. The predicted octanol–water partition coefficient (Wildman–Crippen LogP) is 4.57. The van der Waals surface area contributed by atoms with Gasteiger partial charge in [-0.2, -0.15) is 0 Å². The normalized spacial score (nSPS) is 11.2. The van der Waals surface area contributed by atoms with Crippen molar-refractivity contribution in [2.45, 2.75) is 6.92 Å². The highest BCUT2D eigenvalue weighted by atomic mass is 35.5. The van der Waals surface area contributed by atoms with E-state index in [-0.39, 0.29) is 6.61 Å². The molecule has 1 N–H and O–H groups in total. The molecule has 0 atom stereocenters. The summed E-state index contributed by atoms with van der Waals surface area (Å²) >= 11 is 6.04. The van der Waals surface area contributed by atoms with E-state index in [1.165, 1.54) is 6.08 Å². The number of para-hydroxylation sites is 1. The van der Waals surface area contributed by atoms with E-state index in [9.17, 15) is 9.90 Å². The first kappa shape index (κ1) is 16.9. The van der Waals surface area contributed by atoms with E-state index in [4.69, 9.17) is 16.3 Å². The molecule has 0 fully saturated rings. The van der Waals surface area contributed by atoms with Crippen LogP contribution < -0.4 is 4.90 Å². The lowest BCUT2D eigenvalue weighted by Gasteiger charge is -2.22. The molecule has 2 aromatic carbocycles. The largest absolute Gasteiger partial charge is 0.502 e. The molecule has 120 valence electrons. The highest BCUT2D eigenvalue weighted by molar-refractivity contribution is 6.30. The smallest absolute Gasteiger partial charge is 0.373 e. The minimum Gasteiger partial charge on any atom is -0.502 e. The molecular weight excluding hydrogens is 314 g/mol. The number of esters is 1. The molecule has 0 aliphatic carbocycles. The van der Waals surface area contributed by atoms with Gasteiger partial charge >= 0.3 is 5.97 Å². The molecule has 0 saturated heterocycles. The zero-order valence-electron chi connectivity index (χ0n) is 13.0. The summed E-state index contributed by atoms with van der Waals surface area (Å²) in [7, 11) is 1.89. The number of aliphatic hydroxyl groups is 1. The Balaban J connectivity index is 2.37. The van der Waals surface area contributed by atoms with Crippen molar-refractivity contribution in [3.63, 3.8) is 0 Å². The first-order valence-corrected chi connectivity index (χ1v) is 7.57. The van der Waals surface area contributed by atoms with Crippen molar-refractivity contribution in [3.8, 4) is 0 Å². The topological polar surface area (TPSA) is 49.8 Å². The molecule has 5 heteroatoms. The first-order valence-electron chi connectivity index (χ1n) is 7.19. The third-order valence-electron chi connectivity index (χ3n) is 3.27. The molecule has 0 aromatic heterocycles. The Morgan fingerprint density at radius 3 is 2.70 bits per heavy atom. The third-order valence-corrected chi connectivity index (χ3v) is 3.51. The fraction of sp³-hybridized carbons (Fsp3) is 0.167. The minimum atomic E-state index is -0.743. The number of anilines is 2. The number of nitrogens with zero attached hydrogens (tertiary/aromatic N) is 1. The van der Waals surface area contributed by atoms with Crippen molar-refractivity contribution >= 4 is 35.0 Å². The van der Waals surface area contributed by atoms with Crippen molar-refractivity contribution in [1.82, 2.24) is 0 Å². The summed E-state index contributed by atoms with van der Waals surface area (Å²) < 4.78 is 4.79. The van der Waals surface area contributed by atoms with Crippen molar-refractivity contribution in [2.75, 3.05) is 18.6 Å². The molecule has 0 heterocycles. The van der Waals surface area contributed by atoms with Gasteiger partial charge in [-0.1, -0.05) is 35.9 Å². The molecule has 0 bridgehead atoms. The molecule has 4 nitrogen and oxygen atoms in total. The van der Waals surface area contributed by atoms with Crippen molar-refractivity contribution in [1.29, 1.82) is 0 Å². The van der Waals surface area contributed by atoms with Crippen LogP contribution in [0.2, 0.25) is 5.02 Å². The molecular formula is C18H18ClNO3. The quantitative estimate of drug-likeness (QED) is 0.495. The number of carbonyl (C=O) groups is 1. The van der Waals surface area contributed by atoms with Gasteiger partial charge in [-0.15, -0.1) is 0 Å². The van der Waals surface area contributed by atoms with Crippen LogP contribution in [-0.2, 0) is 9.53 Å². The average Bonchev–Trinajstić information content (AvgIpc) is 2.55. The second-order valence-corrected chi connectivity index (χ2v) is 5.28. The number of aliphatic hydroxyl groups excluding tert-OH is 1. The van der Waals surface area contributed by atoms with Crippen molar-refractivity contribution in [2.24, 2.45) is 0 Å². The van der Waals surface area contributed by atoms with E-state index in [0.29, 0.717) is 10.6 Å². The summed E-state index contributed by atoms with van der Waals surface area (Å²) in [6.07, 6.45) is 1.40. The summed E-state index contributed by atoms with van der Waals surface area (Å²) in [4.78, 5) is 13.5. The minimum absolute atomic E-state index is 0.209. The Bertz CT molecular complexity index is 728. The molecule has 2 rings (SSSR count). The Hall–Kier alpha value is -2.46. The monoisotopic (exact) mass is 331 g/mol. The van der Waals surface area contributed by atoms with Crippen LogP contribution in [0.3, 0.4) is 0 Å². The van der Waals surface area contributed by atoms with Gasteiger partial charge in [0.15, 0.2) is 0 Å². The maximum atomic E-state index is 11.6. The van der Waals surface area contributed by atoms with Gasteiger partial charge in [0.25, 0.3) is 0 Å². The van der Waals surface area contributed by atoms with E-state index >= 15 is 0 Å². The van der Waals surface area contributed by atoms with Crippen molar-refractivity contribution in [3.05, 3.63) is 64.9 Å². The van der Waals surface area contributed by atoms with Crippen molar-refractivity contribution < 1.29 is 14.6 Å². The molecule has 0 unspecified atom stereocenters. The maximum absolute atomic E-state index is 11.6. The number of ether oxygens (including phenoxy) is 1. The molecule has 2 aromatic rings. The summed E-state index contributed by atoms with van der Waals surface area (Å²) in [6, 6.07) is 14.9. The first-order chi connectivity index (χ1) is 11.0. The molecule has 23 heavy (non-hydrogen) atoms. The summed E-state index contributed by atoms with van der Waals surface area (Å²) in [6.45, 7) is 1.90. The van der Waals surface area contributed by atoms with Crippen LogP contribution in [0, 0.1) is 0 Å². The molecule has 0 radical (unpaired) electrons. The molecule has 0 saturated carbocycles. The molecule has 0 amide bonds. The lowest BCUT2D eigenvalue weighted by molar-refractivity contribution is -0.141. The van der Waals surface area contributed by atoms with Crippen LogP contribution in [0.4, 0.5) is 11.4 Å². The van der Waals surface area contributed by atoms with Crippen LogP contribution in [0.1, 0.15) is 12.5 Å². The number of benzene rings is 2. The zero-order chi connectivity index (χ0) is 16.8. The van der Waals surface area contributed by atoms with Gasteiger partial charge in [-0.05, 0) is 37.3 Å². The summed E-state index contributed by atoms with van der Waals surface area (Å²) in [5, 5.41) is 10.5. The van der Waals surface area contributed by atoms with E-state index < -0.39 is 11.7 Å². The second-order valence-electron chi connectivity index (χ2n) is 4.85. The number of carbonyl (C=O) groups excluding carboxylic acids is 1. The third kappa shape index (κ3) is 4.27. The highest BCUT2D eigenvalue weighted by Gasteiger charge is 2.12. The zero-order valence-corrected chi connectivity index (χ0v) is 13.7. The number of halogens is 1. The van der Waals surface area contributed by atoms with Gasteiger partial charge in [-0.3, -0.25) is 0 Å². The van der Waals surface area contributed by atoms with Gasteiger partial charge < -0.3 is 14.7 Å². The Labute approximate surface area is 140 Å². The van der Waals surface area contributed by atoms with Gasteiger partial charge in [-0.25, -0.2) is 4.79 Å². The second kappa shape index (κ2) is 7.70. The van der Waals surface area contributed by atoms with Crippen LogP contribution >= 0.6 is 11.6 Å². The van der Waals surface area contributed by atoms with Crippen LogP contribution in [-0.4, -0.2) is 24.7 Å². The average molecular weight is 332 g/mol. The van der Waals surface area contributed by atoms with E-state index in [0.717, 1.165) is 11.4 Å². The van der Waals surface area contributed by atoms with Gasteiger partial charge in [0.1, 0.15) is 0 Å². The maximum Gasteiger partial charge on any atom is 0.373 e. The van der Waals surface area contributed by atoms with Gasteiger partial charge in [0.05, 0.1) is 6.61 Å². The van der Waals surface area contributed by atoms with Gasteiger partial charge in [0, 0.05) is 29.0 Å². The van der Waals surface area contributed by atoms with Crippen LogP contribution in [0.25, 0.3) is 6.08 Å². The van der Waals surface area contributed by atoms with Gasteiger partial charge in [0.2, 0.25) is 5.76 Å². The number of hydrogen-bond acceptors (Lipinski definition) is 4. The Morgan fingerprint density at radius 2 is 2.00 bits per heavy atom. The van der Waals surface area contributed by atoms with E-state index in [2.05, 4.69) is 0 Å². The van der Waals surface area contributed by atoms with E-state index in [1.807, 2.05) is 54.4 Å². The highest BCUT2D eigenvalue weighted by Crippen LogP contribution is 2.29. The molecule has 0 aliphatic heterocycles. The van der Waals surface area contributed by atoms with E-state index in [1.54, 1.807) is 13.0 Å². The number of rotatable bonds is 5. The SMILES string of the molecule is CCOC(=O)/C(O)=C/c1ccccc1N(C)c1cccc(Cl)c1. The lowest BCUT2D eigenvalue weighted by atomic mass is 10.1. The number of hydrogen-bond donors (Lipinski definition) is 1. The van der Waals surface area contributed by atoms with Crippen LogP contribution in [0.5, 0.6) is 0 Å². The lowest BCUT2D eigenvalue weighted by Crippen LogP contribution is -2.11. The fourth-order valence-electron chi connectivity index (χ4n) is 2.15. The predicted molar refractivity (Wildman–Crippen MR) is 93.2 cm³/mol. The standard InChI is InChI=1S/C18H18ClNO3/c1-3-23-18(22)17(21)11-13-7-4-5-10-16(13)20(2)15-9-6-8-14(19)12-15/h4-12,21H,3H2,1-2H3/b17-11-.